The molecule has 0 saturated heterocycles. The van der Waals surface area contributed by atoms with Crippen molar-refractivity contribution in [1.82, 2.24) is 15.3 Å². The van der Waals surface area contributed by atoms with Crippen molar-refractivity contribution in [2.45, 2.75) is 32.1 Å². The Balaban J connectivity index is 1.48. The number of carbonyl (C=O) groups is 1. The van der Waals surface area contributed by atoms with Gasteiger partial charge in [0.25, 0.3) is 0 Å². The number of anilines is 1. The van der Waals surface area contributed by atoms with E-state index in [2.05, 4.69) is 10.3 Å². The highest BCUT2D eigenvalue weighted by Gasteiger charge is 2.08. The highest BCUT2D eigenvalue weighted by Crippen LogP contribution is 2.23. The van der Waals surface area contributed by atoms with Gasteiger partial charge in [0.15, 0.2) is 0 Å². The Bertz CT molecular complexity index is 962. The molecule has 0 bridgehead atoms. The van der Waals surface area contributed by atoms with Crippen molar-refractivity contribution < 1.29 is 14.6 Å². The summed E-state index contributed by atoms with van der Waals surface area (Å²) in [7, 11) is 0. The van der Waals surface area contributed by atoms with Crippen LogP contribution in [0.15, 0.2) is 60.8 Å². The number of aromatic nitrogens is 2. The molecule has 0 aliphatic carbocycles. The number of nitrogens with one attached hydrogen (secondary N) is 1. The first-order valence-electron chi connectivity index (χ1n) is 10.5. The monoisotopic (exact) mass is 420 g/mol. The van der Waals surface area contributed by atoms with Crippen molar-refractivity contribution in [1.29, 1.82) is 0 Å². The van der Waals surface area contributed by atoms with Crippen LogP contribution in [0.5, 0.6) is 5.75 Å². The fraction of sp³-hybridized carbons (Fsp3) is 0.292. The maximum Gasteiger partial charge on any atom is 0.404 e. The fourth-order valence-electron chi connectivity index (χ4n) is 3.18. The van der Waals surface area contributed by atoms with Gasteiger partial charge < -0.3 is 20.9 Å². The second-order valence-corrected chi connectivity index (χ2v) is 7.27. The quantitative estimate of drug-likeness (QED) is 0.393. The number of nitrogen functional groups attached to an aromatic ring is 1. The number of hydrogen-bond donors (Lipinski definition) is 3. The minimum atomic E-state index is -0.968. The molecule has 1 aromatic heterocycles. The summed E-state index contributed by atoms with van der Waals surface area (Å²) in [5.41, 5.74) is 9.68. The molecular weight excluding hydrogens is 392 g/mol. The number of nitrogens with two attached hydrogens (primary N) is 1. The molecule has 1 amide bonds. The van der Waals surface area contributed by atoms with Crippen LogP contribution in [0.25, 0.3) is 11.3 Å². The van der Waals surface area contributed by atoms with Crippen LogP contribution in [0.2, 0.25) is 0 Å². The summed E-state index contributed by atoms with van der Waals surface area (Å²) in [5.74, 6) is 1.26. The zero-order chi connectivity index (χ0) is 21.9. The maximum absolute atomic E-state index is 10.4. The average molecular weight is 421 g/mol. The molecule has 0 spiro atoms. The number of benzene rings is 2. The Kier molecular flexibility index (Phi) is 8.22. The number of carboxylic acid groups (broad SMARTS) is 1. The minimum absolute atomic E-state index is 0.450. The van der Waals surface area contributed by atoms with E-state index in [1.165, 1.54) is 0 Å². The number of hydrogen-bond acceptors (Lipinski definition) is 5. The summed E-state index contributed by atoms with van der Waals surface area (Å²) in [4.78, 5) is 19.4. The van der Waals surface area contributed by atoms with Crippen molar-refractivity contribution in [2.75, 3.05) is 18.9 Å². The highest BCUT2D eigenvalue weighted by molar-refractivity contribution is 5.64. The van der Waals surface area contributed by atoms with E-state index < -0.39 is 6.09 Å². The van der Waals surface area contributed by atoms with Gasteiger partial charge in [-0.2, -0.15) is 0 Å². The van der Waals surface area contributed by atoms with Crippen LogP contribution >= 0.6 is 0 Å². The van der Waals surface area contributed by atoms with Crippen molar-refractivity contribution in [3.63, 3.8) is 0 Å². The molecule has 31 heavy (non-hydrogen) atoms. The van der Waals surface area contributed by atoms with Crippen LogP contribution in [0.3, 0.4) is 0 Å². The molecule has 1 heterocycles. The average Bonchev–Trinajstić information content (AvgIpc) is 2.78. The Morgan fingerprint density at radius 3 is 2.48 bits per heavy atom. The summed E-state index contributed by atoms with van der Waals surface area (Å²) in [5, 5.41) is 10.9. The topological polar surface area (TPSA) is 110 Å². The third-order valence-electron chi connectivity index (χ3n) is 4.86. The lowest BCUT2D eigenvalue weighted by atomic mass is 10.1. The fourth-order valence-corrected chi connectivity index (χ4v) is 3.18. The van der Waals surface area contributed by atoms with E-state index in [9.17, 15) is 4.79 Å². The lowest BCUT2D eigenvalue weighted by Crippen LogP contribution is -2.21. The summed E-state index contributed by atoms with van der Waals surface area (Å²) in [6.07, 6.45) is 5.12. The molecule has 0 radical (unpaired) electrons. The highest BCUT2D eigenvalue weighted by atomic mass is 16.5. The maximum atomic E-state index is 10.4. The van der Waals surface area contributed by atoms with E-state index in [-0.39, 0.29) is 0 Å². The Labute approximate surface area is 182 Å². The van der Waals surface area contributed by atoms with E-state index in [1.54, 1.807) is 6.20 Å². The molecule has 7 nitrogen and oxygen atoms in total. The van der Waals surface area contributed by atoms with Gasteiger partial charge in [0.05, 0.1) is 24.2 Å². The lowest BCUT2D eigenvalue weighted by molar-refractivity contribution is 0.194. The van der Waals surface area contributed by atoms with Gasteiger partial charge in [-0.25, -0.2) is 14.8 Å². The zero-order valence-electron chi connectivity index (χ0n) is 17.5. The molecule has 2 aromatic carbocycles. The van der Waals surface area contributed by atoms with Crippen LogP contribution in [-0.4, -0.2) is 34.3 Å². The predicted octanol–water partition coefficient (Wildman–Crippen LogP) is 4.52. The standard InChI is InChI=1S/C24H28N4O3/c25-23-21(16-18-8-4-3-5-9-18)28-22(17-27-23)19-10-12-20(13-11-19)31-15-7-2-1-6-14-26-24(29)30/h3-5,8-13,17,26H,1-2,6-7,14-16H2,(H2,25,27)(H,29,30). The molecule has 0 aliphatic heterocycles. The molecule has 0 fully saturated rings. The van der Waals surface area contributed by atoms with E-state index >= 15 is 0 Å². The number of nitrogens with zero attached hydrogens (tertiary/aromatic N) is 2. The van der Waals surface area contributed by atoms with Crippen LogP contribution < -0.4 is 15.8 Å². The molecule has 0 aliphatic rings. The van der Waals surface area contributed by atoms with E-state index in [1.807, 2.05) is 54.6 Å². The van der Waals surface area contributed by atoms with Crippen LogP contribution in [0.1, 0.15) is 36.9 Å². The summed E-state index contributed by atoms with van der Waals surface area (Å²) in [6, 6.07) is 17.9. The smallest absolute Gasteiger partial charge is 0.404 e. The van der Waals surface area contributed by atoms with E-state index in [4.69, 9.17) is 20.6 Å². The van der Waals surface area contributed by atoms with Gasteiger partial charge >= 0.3 is 6.09 Å². The second-order valence-electron chi connectivity index (χ2n) is 7.27. The van der Waals surface area contributed by atoms with E-state index in [0.717, 1.165) is 53.9 Å². The van der Waals surface area contributed by atoms with Gasteiger partial charge in [0.2, 0.25) is 0 Å². The molecule has 7 heteroatoms. The third kappa shape index (κ3) is 7.29. The van der Waals surface area contributed by atoms with Crippen molar-refractivity contribution in [3.05, 3.63) is 72.1 Å². The van der Waals surface area contributed by atoms with Crippen molar-refractivity contribution in [3.8, 4) is 17.0 Å². The van der Waals surface area contributed by atoms with E-state index in [0.29, 0.717) is 25.4 Å². The number of rotatable bonds is 11. The molecule has 0 atom stereocenters. The second kappa shape index (κ2) is 11.5. The van der Waals surface area contributed by atoms with Crippen LogP contribution in [0.4, 0.5) is 10.6 Å². The Morgan fingerprint density at radius 2 is 1.74 bits per heavy atom. The predicted molar refractivity (Wildman–Crippen MR) is 121 cm³/mol. The number of ether oxygens (including phenoxy) is 1. The summed E-state index contributed by atoms with van der Waals surface area (Å²) >= 11 is 0. The molecule has 3 aromatic rings. The van der Waals surface area contributed by atoms with Crippen molar-refractivity contribution >= 4 is 11.9 Å². The normalized spacial score (nSPS) is 10.6. The molecule has 162 valence electrons. The molecule has 0 saturated carbocycles. The first-order valence-corrected chi connectivity index (χ1v) is 10.5. The van der Waals surface area contributed by atoms with Gasteiger partial charge in [0, 0.05) is 18.5 Å². The van der Waals surface area contributed by atoms with Crippen LogP contribution in [0, 0.1) is 0 Å². The molecule has 4 N–H and O–H groups in total. The van der Waals surface area contributed by atoms with Gasteiger partial charge in [-0.05, 0) is 42.7 Å². The first kappa shape index (κ1) is 22.1. The Morgan fingerprint density at radius 1 is 1.00 bits per heavy atom. The minimum Gasteiger partial charge on any atom is -0.494 e. The summed E-state index contributed by atoms with van der Waals surface area (Å²) in [6.45, 7) is 1.13. The third-order valence-corrected chi connectivity index (χ3v) is 4.86. The van der Waals surface area contributed by atoms with Crippen LogP contribution in [-0.2, 0) is 6.42 Å². The first-order chi connectivity index (χ1) is 15.1. The number of amides is 1. The molecular formula is C24H28N4O3. The van der Waals surface area contributed by atoms with Gasteiger partial charge in [-0.1, -0.05) is 43.2 Å². The van der Waals surface area contributed by atoms with Gasteiger partial charge in [-0.3, -0.25) is 0 Å². The van der Waals surface area contributed by atoms with Crippen molar-refractivity contribution in [2.24, 2.45) is 0 Å². The largest absolute Gasteiger partial charge is 0.494 e. The zero-order valence-corrected chi connectivity index (χ0v) is 17.5. The summed E-state index contributed by atoms with van der Waals surface area (Å²) < 4.78 is 5.80. The van der Waals surface area contributed by atoms with Gasteiger partial charge in [-0.15, -0.1) is 0 Å². The SMILES string of the molecule is Nc1ncc(-c2ccc(OCCCCCCNC(=O)O)cc2)nc1Cc1ccccc1. The number of unbranched alkanes of at least 4 members (excludes halogenated alkanes) is 3. The molecule has 0 unspecified atom stereocenters. The Hall–Kier alpha value is -3.61. The van der Waals surface area contributed by atoms with Gasteiger partial charge in [0.1, 0.15) is 11.6 Å². The molecule has 3 rings (SSSR count). The lowest BCUT2D eigenvalue weighted by Gasteiger charge is -2.09.